The van der Waals surface area contributed by atoms with Gasteiger partial charge in [-0.05, 0) is 12.8 Å². The molecule has 4 heteroatoms. The van der Waals surface area contributed by atoms with E-state index >= 15 is 0 Å². The highest BCUT2D eigenvalue weighted by Crippen LogP contribution is 2.13. The molecule has 0 fully saturated rings. The fraction of sp³-hybridized carbons (Fsp3) is 0.862. The average Bonchev–Trinajstić information content (AvgIpc) is 2.82. The van der Waals surface area contributed by atoms with E-state index in [4.69, 9.17) is 9.47 Å². The Balaban J connectivity index is 3.34. The number of hydrogen-bond donors (Lipinski definition) is 0. The van der Waals surface area contributed by atoms with Crippen molar-refractivity contribution in [1.29, 1.82) is 0 Å². The molecule has 33 heavy (non-hydrogen) atoms. The van der Waals surface area contributed by atoms with Crippen LogP contribution in [0, 0.1) is 0 Å². The van der Waals surface area contributed by atoms with Crippen molar-refractivity contribution < 1.29 is 19.1 Å². The van der Waals surface area contributed by atoms with Crippen LogP contribution in [0.15, 0.2) is 12.2 Å². The molecular weight excluding hydrogens is 412 g/mol. The first-order valence-electron chi connectivity index (χ1n) is 14.2. The van der Waals surface area contributed by atoms with Crippen molar-refractivity contribution in [2.45, 2.75) is 149 Å². The summed E-state index contributed by atoms with van der Waals surface area (Å²) in [7, 11) is 0. The van der Waals surface area contributed by atoms with Crippen LogP contribution in [0.5, 0.6) is 0 Å². The quantitative estimate of drug-likeness (QED) is 0.0765. The van der Waals surface area contributed by atoms with Crippen LogP contribution in [0.4, 0.5) is 0 Å². The van der Waals surface area contributed by atoms with E-state index < -0.39 is 11.9 Å². The second-order valence-corrected chi connectivity index (χ2v) is 9.39. The lowest BCUT2D eigenvalue weighted by molar-refractivity contribution is -0.140. The second kappa shape index (κ2) is 26.9. The molecule has 0 aromatic heterocycles. The number of carbonyl (C=O) groups excluding carboxylic acids is 2. The van der Waals surface area contributed by atoms with E-state index in [1.54, 1.807) is 0 Å². The normalized spacial score (nSPS) is 11.2. The van der Waals surface area contributed by atoms with Crippen molar-refractivity contribution in [3.05, 3.63) is 12.2 Å². The van der Waals surface area contributed by atoms with Crippen molar-refractivity contribution in [3.63, 3.8) is 0 Å². The fourth-order valence-electron chi connectivity index (χ4n) is 3.93. The fourth-order valence-corrected chi connectivity index (χ4v) is 3.93. The summed E-state index contributed by atoms with van der Waals surface area (Å²) in [5.41, 5.74) is 0. The number of unbranched alkanes of at least 4 members (excludes halogenated alkanes) is 19. The molecule has 0 aromatic carbocycles. The standard InChI is InChI=1S/C29H54O4/c1-3-5-7-9-11-12-13-14-15-16-17-18-19-21-23-27-33-29(31)25-24-28(30)32-26-22-20-10-8-6-4-2/h24-25H,3-23,26-27H2,1-2H3/b25-24+. The highest BCUT2D eigenvalue weighted by molar-refractivity contribution is 5.91. The molecule has 0 amide bonds. The topological polar surface area (TPSA) is 52.6 Å². The van der Waals surface area contributed by atoms with Crippen LogP contribution in [-0.4, -0.2) is 25.2 Å². The van der Waals surface area contributed by atoms with Crippen LogP contribution in [0.1, 0.15) is 149 Å². The molecule has 0 bridgehead atoms. The van der Waals surface area contributed by atoms with Gasteiger partial charge in [0.25, 0.3) is 0 Å². The molecule has 0 aliphatic heterocycles. The Morgan fingerprint density at radius 2 is 0.667 bits per heavy atom. The van der Waals surface area contributed by atoms with Gasteiger partial charge in [0.05, 0.1) is 13.2 Å². The Morgan fingerprint density at radius 3 is 0.939 bits per heavy atom. The van der Waals surface area contributed by atoms with E-state index in [1.165, 1.54) is 121 Å². The first-order valence-corrected chi connectivity index (χ1v) is 14.2. The minimum absolute atomic E-state index is 0.420. The summed E-state index contributed by atoms with van der Waals surface area (Å²) in [6, 6.07) is 0. The molecule has 0 heterocycles. The lowest BCUT2D eigenvalue weighted by Crippen LogP contribution is -2.06. The molecule has 0 N–H and O–H groups in total. The van der Waals surface area contributed by atoms with Gasteiger partial charge >= 0.3 is 11.9 Å². The van der Waals surface area contributed by atoms with Gasteiger partial charge in [0, 0.05) is 12.2 Å². The first-order chi connectivity index (χ1) is 16.2. The summed E-state index contributed by atoms with van der Waals surface area (Å²) in [5, 5.41) is 0. The Bertz CT molecular complexity index is 459. The highest BCUT2D eigenvalue weighted by atomic mass is 16.5. The lowest BCUT2D eigenvalue weighted by atomic mass is 10.0. The van der Waals surface area contributed by atoms with Gasteiger partial charge in [-0.15, -0.1) is 0 Å². The zero-order valence-corrected chi connectivity index (χ0v) is 22.1. The molecule has 0 rings (SSSR count). The van der Waals surface area contributed by atoms with Gasteiger partial charge in [-0.2, -0.15) is 0 Å². The van der Waals surface area contributed by atoms with Gasteiger partial charge in [0.2, 0.25) is 0 Å². The molecule has 0 radical (unpaired) electrons. The Labute approximate surface area is 205 Å². The molecule has 0 saturated heterocycles. The zero-order chi connectivity index (χ0) is 24.2. The minimum atomic E-state index is -0.465. The van der Waals surface area contributed by atoms with E-state index in [0.717, 1.165) is 25.7 Å². The predicted molar refractivity (Wildman–Crippen MR) is 139 cm³/mol. The second-order valence-electron chi connectivity index (χ2n) is 9.39. The third kappa shape index (κ3) is 26.8. The van der Waals surface area contributed by atoms with Crippen LogP contribution in [0.2, 0.25) is 0 Å². The summed E-state index contributed by atoms with van der Waals surface area (Å²) in [6.45, 7) is 5.31. The van der Waals surface area contributed by atoms with Crippen molar-refractivity contribution >= 4 is 11.9 Å². The van der Waals surface area contributed by atoms with Crippen LogP contribution in [0.25, 0.3) is 0 Å². The maximum Gasteiger partial charge on any atom is 0.331 e. The van der Waals surface area contributed by atoms with Gasteiger partial charge in [-0.25, -0.2) is 9.59 Å². The van der Waals surface area contributed by atoms with Crippen molar-refractivity contribution in [3.8, 4) is 0 Å². The molecule has 0 atom stereocenters. The Hall–Kier alpha value is -1.32. The van der Waals surface area contributed by atoms with Gasteiger partial charge < -0.3 is 9.47 Å². The molecule has 0 unspecified atom stereocenters. The molecule has 194 valence electrons. The molecule has 4 nitrogen and oxygen atoms in total. The molecule has 0 aromatic rings. The zero-order valence-electron chi connectivity index (χ0n) is 22.1. The Kier molecular flexibility index (Phi) is 25.9. The van der Waals surface area contributed by atoms with Crippen LogP contribution in [-0.2, 0) is 19.1 Å². The first kappa shape index (κ1) is 31.7. The largest absolute Gasteiger partial charge is 0.463 e. The minimum Gasteiger partial charge on any atom is -0.463 e. The average molecular weight is 467 g/mol. The summed E-state index contributed by atoms with van der Waals surface area (Å²) in [5.74, 6) is -0.927. The van der Waals surface area contributed by atoms with Crippen molar-refractivity contribution in [1.82, 2.24) is 0 Å². The summed E-state index contributed by atoms with van der Waals surface area (Å²) < 4.78 is 10.3. The summed E-state index contributed by atoms with van der Waals surface area (Å²) in [4.78, 5) is 23.2. The number of rotatable bonds is 25. The van der Waals surface area contributed by atoms with Gasteiger partial charge in [0.15, 0.2) is 0 Å². The highest BCUT2D eigenvalue weighted by Gasteiger charge is 2.01. The van der Waals surface area contributed by atoms with E-state index in [1.807, 2.05) is 0 Å². The Morgan fingerprint density at radius 1 is 0.424 bits per heavy atom. The third-order valence-electron chi connectivity index (χ3n) is 6.09. The van der Waals surface area contributed by atoms with E-state index in [2.05, 4.69) is 13.8 Å². The van der Waals surface area contributed by atoms with Crippen molar-refractivity contribution in [2.24, 2.45) is 0 Å². The van der Waals surface area contributed by atoms with Crippen LogP contribution < -0.4 is 0 Å². The number of esters is 2. The monoisotopic (exact) mass is 466 g/mol. The summed E-state index contributed by atoms with van der Waals surface area (Å²) in [6.07, 6.45) is 29.0. The molecule has 0 aliphatic rings. The third-order valence-corrected chi connectivity index (χ3v) is 6.09. The molecule has 0 spiro atoms. The molecule has 0 aliphatic carbocycles. The maximum absolute atomic E-state index is 11.7. The van der Waals surface area contributed by atoms with E-state index in [-0.39, 0.29) is 0 Å². The summed E-state index contributed by atoms with van der Waals surface area (Å²) >= 11 is 0. The number of hydrogen-bond acceptors (Lipinski definition) is 4. The van der Waals surface area contributed by atoms with Gasteiger partial charge in [0.1, 0.15) is 0 Å². The molecular formula is C29H54O4. The smallest absolute Gasteiger partial charge is 0.331 e. The molecule has 0 saturated carbocycles. The lowest BCUT2D eigenvalue weighted by Gasteiger charge is -2.04. The van der Waals surface area contributed by atoms with E-state index in [0.29, 0.717) is 13.2 Å². The van der Waals surface area contributed by atoms with Crippen molar-refractivity contribution in [2.75, 3.05) is 13.2 Å². The number of carbonyl (C=O) groups is 2. The van der Waals surface area contributed by atoms with Crippen LogP contribution in [0.3, 0.4) is 0 Å². The maximum atomic E-state index is 11.7. The number of ether oxygens (including phenoxy) is 2. The van der Waals surface area contributed by atoms with E-state index in [9.17, 15) is 9.59 Å². The SMILES string of the molecule is CCCCCCCCCCCCCCCCCOC(=O)/C=C/C(=O)OCCCCCCCC. The van der Waals surface area contributed by atoms with Crippen LogP contribution >= 0.6 is 0 Å². The van der Waals surface area contributed by atoms with Gasteiger partial charge in [-0.3, -0.25) is 0 Å². The van der Waals surface area contributed by atoms with Gasteiger partial charge in [-0.1, -0.05) is 136 Å². The predicted octanol–water partition coefficient (Wildman–Crippen LogP) is 8.86.